The molecule has 9 nitrogen and oxygen atoms in total. The van der Waals surface area contributed by atoms with E-state index >= 15 is 0 Å². The molecule has 4 aromatic carbocycles. The average Bonchev–Trinajstić information content (AvgIpc) is 3.11. The first-order valence-electron chi connectivity index (χ1n) is 16.4. The molecule has 1 N–H and O–H groups in total. The molecule has 3 aliphatic rings. The van der Waals surface area contributed by atoms with Crippen molar-refractivity contribution in [2.24, 2.45) is 0 Å². The summed E-state index contributed by atoms with van der Waals surface area (Å²) in [6, 6.07) is 16.7. The molecule has 4 aromatic rings. The maximum Gasteiger partial charge on any atom is 0.201 e. The fourth-order valence-electron chi connectivity index (χ4n) is 7.85. The maximum atomic E-state index is 11.5. The number of rotatable bonds is 9. The predicted molar refractivity (Wildman–Crippen MR) is 185 cm³/mol. The van der Waals surface area contributed by atoms with Gasteiger partial charge in [0.2, 0.25) is 5.75 Å². The number of phenolic OH excluding ortho intramolecular Hbond substituents is 1. The molecule has 2 unspecified atom stereocenters. The Morgan fingerprint density at radius 3 is 2.04 bits per heavy atom. The van der Waals surface area contributed by atoms with E-state index in [2.05, 4.69) is 54.2 Å². The Hall–Kier alpha value is -4.60. The monoisotopic (exact) mass is 652 g/mol. The molecule has 9 heteroatoms. The summed E-state index contributed by atoms with van der Waals surface area (Å²) in [5, 5.41) is 11.5. The third-order valence-corrected chi connectivity index (χ3v) is 10.4. The van der Waals surface area contributed by atoms with Gasteiger partial charge in [-0.1, -0.05) is 12.1 Å². The molecule has 2 aliphatic heterocycles. The Labute approximate surface area is 282 Å². The summed E-state index contributed by atoms with van der Waals surface area (Å²) in [5.41, 5.74) is 9.02. The molecule has 0 saturated heterocycles. The van der Waals surface area contributed by atoms with Crippen molar-refractivity contribution in [2.75, 3.05) is 62.7 Å². The summed E-state index contributed by atoms with van der Waals surface area (Å²) < 4.78 is 35.3. The van der Waals surface area contributed by atoms with Crippen LogP contribution in [0.25, 0.3) is 11.1 Å². The van der Waals surface area contributed by atoms with Crippen molar-refractivity contribution in [1.29, 1.82) is 0 Å². The number of ether oxygens (including phenoxy) is 6. The molecule has 0 radical (unpaired) electrons. The summed E-state index contributed by atoms with van der Waals surface area (Å²) in [4.78, 5) is 4.76. The minimum Gasteiger partial charge on any atom is -0.502 e. The molecular weight excluding hydrogens is 608 g/mol. The van der Waals surface area contributed by atoms with Gasteiger partial charge in [-0.25, -0.2) is 0 Å². The van der Waals surface area contributed by atoms with Crippen LogP contribution in [0, 0.1) is 0 Å². The molecule has 252 valence electrons. The second-order valence-corrected chi connectivity index (χ2v) is 12.9. The number of aromatic hydroxyl groups is 1. The Morgan fingerprint density at radius 2 is 1.35 bits per heavy atom. The van der Waals surface area contributed by atoms with Gasteiger partial charge in [0.05, 0.1) is 35.5 Å². The van der Waals surface area contributed by atoms with Gasteiger partial charge in [0, 0.05) is 36.3 Å². The Bertz CT molecular complexity index is 1860. The number of methoxy groups -OCH3 is 5. The molecule has 7 rings (SSSR count). The molecule has 0 bridgehead atoms. The van der Waals surface area contributed by atoms with E-state index in [4.69, 9.17) is 28.4 Å². The molecular formula is C39H44N2O7. The highest BCUT2D eigenvalue weighted by atomic mass is 16.5. The SMILES string of the molecule is COc1cc2c(cc1OC)C(Cc1ccc(Oc3c(O)c(OC)cc4c3CC3c5c(cc(OC)c(OC)c5-4)CCN3C)cc1)N(C)CC2. The van der Waals surface area contributed by atoms with Crippen LogP contribution in [-0.2, 0) is 25.7 Å². The molecule has 48 heavy (non-hydrogen) atoms. The zero-order chi connectivity index (χ0) is 33.7. The second-order valence-electron chi connectivity index (χ2n) is 12.9. The maximum absolute atomic E-state index is 11.5. The van der Waals surface area contributed by atoms with Gasteiger partial charge in [0.15, 0.2) is 34.5 Å². The first kappa shape index (κ1) is 32.0. The van der Waals surface area contributed by atoms with Crippen molar-refractivity contribution in [3.63, 3.8) is 0 Å². The number of fused-ring (bicyclic) bond motifs is 3. The van der Waals surface area contributed by atoms with Crippen molar-refractivity contribution in [3.8, 4) is 57.1 Å². The van der Waals surface area contributed by atoms with Crippen molar-refractivity contribution in [2.45, 2.75) is 37.8 Å². The second kappa shape index (κ2) is 12.8. The van der Waals surface area contributed by atoms with Gasteiger partial charge >= 0.3 is 0 Å². The van der Waals surface area contributed by atoms with Crippen molar-refractivity contribution in [3.05, 3.63) is 81.9 Å². The highest BCUT2D eigenvalue weighted by molar-refractivity contribution is 5.87. The summed E-state index contributed by atoms with van der Waals surface area (Å²) in [7, 11) is 12.6. The third-order valence-electron chi connectivity index (χ3n) is 10.4. The molecule has 2 atom stereocenters. The highest BCUT2D eigenvalue weighted by Gasteiger charge is 2.39. The lowest BCUT2D eigenvalue weighted by atomic mass is 9.76. The number of hydrogen-bond donors (Lipinski definition) is 1. The van der Waals surface area contributed by atoms with Gasteiger partial charge in [0.25, 0.3) is 0 Å². The Balaban J connectivity index is 1.24. The van der Waals surface area contributed by atoms with Crippen LogP contribution in [0.4, 0.5) is 0 Å². The van der Waals surface area contributed by atoms with E-state index in [1.165, 1.54) is 27.8 Å². The van der Waals surface area contributed by atoms with E-state index in [0.29, 0.717) is 35.2 Å². The Morgan fingerprint density at radius 1 is 0.708 bits per heavy atom. The molecule has 0 spiro atoms. The summed E-state index contributed by atoms with van der Waals surface area (Å²) in [6.07, 6.45) is 3.38. The van der Waals surface area contributed by atoms with Crippen LogP contribution in [0.5, 0.6) is 46.0 Å². The quantitative estimate of drug-likeness (QED) is 0.211. The van der Waals surface area contributed by atoms with Crippen LogP contribution in [-0.4, -0.2) is 77.6 Å². The molecule has 1 aliphatic carbocycles. The smallest absolute Gasteiger partial charge is 0.201 e. The number of hydrogen-bond acceptors (Lipinski definition) is 9. The van der Waals surface area contributed by atoms with E-state index in [1.807, 2.05) is 18.2 Å². The number of nitrogens with zero attached hydrogens (tertiary/aromatic N) is 2. The predicted octanol–water partition coefficient (Wildman–Crippen LogP) is 6.75. The van der Waals surface area contributed by atoms with Crippen molar-refractivity contribution < 1.29 is 33.5 Å². The van der Waals surface area contributed by atoms with E-state index in [-0.39, 0.29) is 17.8 Å². The van der Waals surface area contributed by atoms with Gasteiger partial charge in [0.1, 0.15) is 5.75 Å². The molecule has 0 saturated carbocycles. The fourth-order valence-corrected chi connectivity index (χ4v) is 7.85. The van der Waals surface area contributed by atoms with E-state index in [1.54, 1.807) is 35.5 Å². The van der Waals surface area contributed by atoms with Crippen LogP contribution in [0.3, 0.4) is 0 Å². The van der Waals surface area contributed by atoms with E-state index in [9.17, 15) is 5.11 Å². The summed E-state index contributed by atoms with van der Waals surface area (Å²) >= 11 is 0. The Kier molecular flexibility index (Phi) is 8.51. The van der Waals surface area contributed by atoms with Gasteiger partial charge in [-0.15, -0.1) is 0 Å². The first-order valence-corrected chi connectivity index (χ1v) is 16.4. The number of phenols is 1. The minimum atomic E-state index is -0.0193. The third kappa shape index (κ3) is 5.25. The van der Waals surface area contributed by atoms with Crippen LogP contribution < -0.4 is 28.4 Å². The van der Waals surface area contributed by atoms with Gasteiger partial charge in [-0.2, -0.15) is 0 Å². The van der Waals surface area contributed by atoms with Crippen molar-refractivity contribution in [1.82, 2.24) is 9.80 Å². The molecule has 0 aromatic heterocycles. The van der Waals surface area contributed by atoms with Gasteiger partial charge in [-0.3, -0.25) is 9.80 Å². The zero-order valence-corrected chi connectivity index (χ0v) is 28.8. The average molecular weight is 653 g/mol. The van der Waals surface area contributed by atoms with E-state index in [0.717, 1.165) is 60.5 Å². The molecule has 2 heterocycles. The number of benzene rings is 4. The largest absolute Gasteiger partial charge is 0.502 e. The topological polar surface area (TPSA) is 82.1 Å². The number of likely N-dealkylation sites (N-methyl/N-ethyl adjacent to an activating group) is 2. The van der Waals surface area contributed by atoms with Crippen LogP contribution in [0.2, 0.25) is 0 Å². The summed E-state index contributed by atoms with van der Waals surface area (Å²) in [6.45, 7) is 1.88. The van der Waals surface area contributed by atoms with Crippen LogP contribution in [0.1, 0.15) is 45.5 Å². The highest BCUT2D eigenvalue weighted by Crippen LogP contribution is 2.57. The van der Waals surface area contributed by atoms with Gasteiger partial charge in [-0.05, 0) is 110 Å². The van der Waals surface area contributed by atoms with Gasteiger partial charge < -0.3 is 33.5 Å². The lowest BCUT2D eigenvalue weighted by molar-refractivity contribution is 0.225. The standard InChI is InChI=1S/C39H44N2O7/c1-40-14-12-23-17-31(43-3)32(44-4)20-26(23)29(40)16-22-8-10-25(11-9-22)48-38-28-19-30-35-24(13-15-41(30)2)18-34(46-6)39(47-7)36(35)27(28)21-33(45-5)37(38)42/h8-11,17-18,20-21,29-30,42H,12-16,19H2,1-7H3. The lowest BCUT2D eigenvalue weighted by Gasteiger charge is -2.41. The van der Waals surface area contributed by atoms with E-state index < -0.39 is 0 Å². The van der Waals surface area contributed by atoms with Crippen LogP contribution in [0.15, 0.2) is 48.5 Å². The van der Waals surface area contributed by atoms with Crippen LogP contribution >= 0.6 is 0 Å². The first-order chi connectivity index (χ1) is 23.3. The minimum absolute atomic E-state index is 0.0193. The molecule has 0 amide bonds. The fraction of sp³-hybridized carbons (Fsp3) is 0.385. The summed E-state index contributed by atoms with van der Waals surface area (Å²) in [5.74, 6) is 4.23. The molecule has 0 fully saturated rings. The van der Waals surface area contributed by atoms with Crippen molar-refractivity contribution >= 4 is 0 Å². The zero-order valence-electron chi connectivity index (χ0n) is 28.8. The normalized spacial score (nSPS) is 18.3. The lowest BCUT2D eigenvalue weighted by Crippen LogP contribution is -2.35.